The van der Waals surface area contributed by atoms with Gasteiger partial charge in [-0.2, -0.15) is 0 Å². The van der Waals surface area contributed by atoms with Gasteiger partial charge in [-0.1, -0.05) is 6.92 Å². The molecule has 20 heavy (non-hydrogen) atoms. The number of fused-ring (bicyclic) bond motifs is 1. The summed E-state index contributed by atoms with van der Waals surface area (Å²) in [4.78, 5) is 21.6. The molecule has 2 N–H and O–H groups in total. The number of thiazole rings is 1. The van der Waals surface area contributed by atoms with Gasteiger partial charge in [-0.25, -0.2) is 9.78 Å². The van der Waals surface area contributed by atoms with Crippen LogP contribution in [0.2, 0.25) is 0 Å². The number of carbonyl (C=O) groups excluding carboxylic acids is 1. The third-order valence-corrected chi connectivity index (χ3v) is 4.72. The quantitative estimate of drug-likeness (QED) is 0.856. The van der Waals surface area contributed by atoms with Gasteiger partial charge in [-0.3, -0.25) is 4.90 Å². The number of nitrogens with zero attached hydrogens (tertiary/aromatic N) is 3. The lowest BCUT2D eigenvalue weighted by molar-refractivity contribution is 0.117. The minimum atomic E-state index is 0.0958. The van der Waals surface area contributed by atoms with Crippen molar-refractivity contribution in [3.8, 4) is 0 Å². The Balaban J connectivity index is 1.53. The molecule has 2 aliphatic heterocycles. The molecular formula is C13H21N5OS. The van der Waals surface area contributed by atoms with Crippen LogP contribution >= 0.6 is 11.3 Å². The van der Waals surface area contributed by atoms with Crippen molar-refractivity contribution in [3.63, 3.8) is 0 Å². The summed E-state index contributed by atoms with van der Waals surface area (Å²) < 4.78 is 0. The van der Waals surface area contributed by atoms with Gasteiger partial charge in [0.25, 0.3) is 0 Å². The van der Waals surface area contributed by atoms with Gasteiger partial charge in [0.1, 0.15) is 0 Å². The zero-order valence-corrected chi connectivity index (χ0v) is 12.6. The highest BCUT2D eigenvalue weighted by molar-refractivity contribution is 7.15. The SMILES string of the molecule is CCCNc1ncc(CN2CCN3C(=O)NCC3C2)s1. The number of piperazine rings is 1. The Morgan fingerprint density at radius 3 is 3.30 bits per heavy atom. The van der Waals surface area contributed by atoms with Crippen molar-refractivity contribution in [2.45, 2.75) is 25.9 Å². The van der Waals surface area contributed by atoms with Crippen molar-refractivity contribution in [1.82, 2.24) is 20.1 Å². The largest absolute Gasteiger partial charge is 0.362 e. The fraction of sp³-hybridized carbons (Fsp3) is 0.692. The van der Waals surface area contributed by atoms with Gasteiger partial charge in [-0.15, -0.1) is 11.3 Å². The highest BCUT2D eigenvalue weighted by Gasteiger charge is 2.35. The molecule has 1 aromatic heterocycles. The summed E-state index contributed by atoms with van der Waals surface area (Å²) >= 11 is 1.73. The maximum atomic E-state index is 11.6. The predicted octanol–water partition coefficient (Wildman–Crippen LogP) is 1.17. The van der Waals surface area contributed by atoms with Gasteiger partial charge < -0.3 is 15.5 Å². The molecule has 2 amide bonds. The van der Waals surface area contributed by atoms with E-state index < -0.39 is 0 Å². The van der Waals surface area contributed by atoms with E-state index in [9.17, 15) is 4.79 Å². The van der Waals surface area contributed by atoms with Crippen LogP contribution in [0.3, 0.4) is 0 Å². The molecule has 110 valence electrons. The Bertz CT molecular complexity index is 477. The molecule has 7 heteroatoms. The number of nitrogens with one attached hydrogen (secondary N) is 2. The van der Waals surface area contributed by atoms with Gasteiger partial charge in [0.2, 0.25) is 0 Å². The summed E-state index contributed by atoms with van der Waals surface area (Å²) in [6.07, 6.45) is 3.08. The van der Waals surface area contributed by atoms with Crippen LogP contribution in [0.15, 0.2) is 6.20 Å². The first-order valence-electron chi connectivity index (χ1n) is 7.21. The van der Waals surface area contributed by atoms with E-state index in [1.165, 1.54) is 4.88 Å². The monoisotopic (exact) mass is 295 g/mol. The Hall–Kier alpha value is -1.34. The number of anilines is 1. The summed E-state index contributed by atoms with van der Waals surface area (Å²) in [5, 5.41) is 7.25. The summed E-state index contributed by atoms with van der Waals surface area (Å²) in [5.41, 5.74) is 0. The molecule has 2 fully saturated rings. The van der Waals surface area contributed by atoms with Crippen LogP contribution in [0.1, 0.15) is 18.2 Å². The molecule has 0 aromatic carbocycles. The van der Waals surface area contributed by atoms with E-state index in [1.54, 1.807) is 11.3 Å². The molecule has 3 rings (SSSR count). The van der Waals surface area contributed by atoms with E-state index >= 15 is 0 Å². The Kier molecular flexibility index (Phi) is 4.07. The fourth-order valence-electron chi connectivity index (χ4n) is 2.73. The van der Waals surface area contributed by atoms with Crippen LogP contribution < -0.4 is 10.6 Å². The number of hydrogen-bond acceptors (Lipinski definition) is 5. The summed E-state index contributed by atoms with van der Waals surface area (Å²) in [5.74, 6) is 0. The van der Waals surface area contributed by atoms with Crippen molar-refractivity contribution in [1.29, 1.82) is 0 Å². The normalized spacial score (nSPS) is 22.8. The van der Waals surface area contributed by atoms with Crippen LogP contribution in [0, 0.1) is 0 Å². The lowest BCUT2D eigenvalue weighted by atomic mass is 10.2. The Labute approximate surface area is 123 Å². The van der Waals surface area contributed by atoms with E-state index in [2.05, 4.69) is 27.4 Å². The number of aromatic nitrogens is 1. The average Bonchev–Trinajstić information content (AvgIpc) is 3.04. The van der Waals surface area contributed by atoms with Gasteiger partial charge in [0, 0.05) is 50.3 Å². The van der Waals surface area contributed by atoms with Crippen LogP contribution in [-0.2, 0) is 6.54 Å². The van der Waals surface area contributed by atoms with Gasteiger partial charge in [-0.05, 0) is 6.42 Å². The number of rotatable bonds is 5. The second-order valence-electron chi connectivity index (χ2n) is 5.33. The first-order chi connectivity index (χ1) is 9.76. The van der Waals surface area contributed by atoms with Gasteiger partial charge in [0.15, 0.2) is 5.13 Å². The first kappa shape index (κ1) is 13.6. The van der Waals surface area contributed by atoms with Crippen molar-refractivity contribution in [2.24, 2.45) is 0 Å². The average molecular weight is 295 g/mol. The van der Waals surface area contributed by atoms with Crippen molar-refractivity contribution in [3.05, 3.63) is 11.1 Å². The lowest BCUT2D eigenvalue weighted by Gasteiger charge is -2.36. The molecule has 0 radical (unpaired) electrons. The van der Waals surface area contributed by atoms with Gasteiger partial charge >= 0.3 is 6.03 Å². The standard InChI is InChI=1S/C13H21N5OS/c1-2-3-14-12-15-7-11(20-12)9-17-4-5-18-10(8-17)6-16-13(18)19/h7,10H,2-6,8-9H2,1H3,(H,14,15)(H,16,19). The summed E-state index contributed by atoms with van der Waals surface area (Å²) in [6, 6.07) is 0.431. The number of carbonyl (C=O) groups is 1. The predicted molar refractivity (Wildman–Crippen MR) is 80.1 cm³/mol. The van der Waals surface area contributed by atoms with Crippen LogP contribution in [0.25, 0.3) is 0 Å². The highest BCUT2D eigenvalue weighted by atomic mass is 32.1. The molecule has 1 unspecified atom stereocenters. The van der Waals surface area contributed by atoms with E-state index in [1.807, 2.05) is 11.1 Å². The Morgan fingerprint density at radius 1 is 1.55 bits per heavy atom. The number of amides is 2. The molecule has 1 atom stereocenters. The zero-order valence-electron chi connectivity index (χ0n) is 11.8. The van der Waals surface area contributed by atoms with Gasteiger partial charge in [0.05, 0.1) is 6.04 Å². The third kappa shape index (κ3) is 2.88. The van der Waals surface area contributed by atoms with Crippen molar-refractivity contribution in [2.75, 3.05) is 38.0 Å². The maximum absolute atomic E-state index is 11.6. The molecule has 2 saturated heterocycles. The lowest BCUT2D eigenvalue weighted by Crippen LogP contribution is -2.51. The number of hydrogen-bond donors (Lipinski definition) is 2. The molecule has 0 bridgehead atoms. The van der Waals surface area contributed by atoms with Crippen LogP contribution in [-0.4, -0.2) is 59.6 Å². The third-order valence-electron chi connectivity index (χ3n) is 3.78. The number of urea groups is 1. The van der Waals surface area contributed by atoms with E-state index in [0.717, 1.165) is 50.8 Å². The molecule has 0 aliphatic carbocycles. The molecule has 0 saturated carbocycles. The second-order valence-corrected chi connectivity index (χ2v) is 6.44. The summed E-state index contributed by atoms with van der Waals surface area (Å²) in [6.45, 7) is 7.56. The topological polar surface area (TPSA) is 60.5 Å². The highest BCUT2D eigenvalue weighted by Crippen LogP contribution is 2.22. The smallest absolute Gasteiger partial charge is 0.317 e. The molecule has 2 aliphatic rings. The molecular weight excluding hydrogens is 274 g/mol. The Morgan fingerprint density at radius 2 is 2.45 bits per heavy atom. The minimum Gasteiger partial charge on any atom is -0.362 e. The molecule has 3 heterocycles. The van der Waals surface area contributed by atoms with Crippen LogP contribution in [0.4, 0.5) is 9.93 Å². The molecule has 0 spiro atoms. The van der Waals surface area contributed by atoms with Crippen molar-refractivity contribution < 1.29 is 4.79 Å². The van der Waals surface area contributed by atoms with E-state index in [-0.39, 0.29) is 6.03 Å². The first-order valence-corrected chi connectivity index (χ1v) is 8.03. The van der Waals surface area contributed by atoms with E-state index in [0.29, 0.717) is 6.04 Å². The second kappa shape index (κ2) is 5.97. The minimum absolute atomic E-state index is 0.0958. The maximum Gasteiger partial charge on any atom is 0.317 e. The molecule has 6 nitrogen and oxygen atoms in total. The fourth-order valence-corrected chi connectivity index (χ4v) is 3.61. The van der Waals surface area contributed by atoms with E-state index in [4.69, 9.17) is 0 Å². The summed E-state index contributed by atoms with van der Waals surface area (Å²) in [7, 11) is 0. The van der Waals surface area contributed by atoms with Crippen LogP contribution in [0.5, 0.6) is 0 Å². The van der Waals surface area contributed by atoms with Crippen molar-refractivity contribution >= 4 is 22.5 Å². The zero-order chi connectivity index (χ0) is 13.9. The molecule has 1 aromatic rings.